The van der Waals surface area contributed by atoms with Gasteiger partial charge in [0.1, 0.15) is 0 Å². The van der Waals surface area contributed by atoms with Crippen LogP contribution in [0.3, 0.4) is 0 Å². The summed E-state index contributed by atoms with van der Waals surface area (Å²) in [7, 11) is 0. The van der Waals surface area contributed by atoms with Gasteiger partial charge in [-0.2, -0.15) is 0 Å². The highest BCUT2D eigenvalue weighted by Gasteiger charge is 2.32. The van der Waals surface area contributed by atoms with E-state index in [9.17, 15) is 0 Å². The SMILES string of the molecule is CC(C)CN1CCC(N2CCC(CN)C2)C1. The van der Waals surface area contributed by atoms with E-state index in [1.54, 1.807) is 0 Å². The van der Waals surface area contributed by atoms with Gasteiger partial charge in [-0.15, -0.1) is 0 Å². The van der Waals surface area contributed by atoms with Crippen LogP contribution in [-0.2, 0) is 0 Å². The summed E-state index contributed by atoms with van der Waals surface area (Å²) in [6.45, 7) is 11.9. The minimum atomic E-state index is 0.763. The first kappa shape index (κ1) is 12.3. The first-order chi connectivity index (χ1) is 7.69. The van der Waals surface area contributed by atoms with Gasteiger partial charge >= 0.3 is 0 Å². The van der Waals surface area contributed by atoms with Gasteiger partial charge in [0.2, 0.25) is 0 Å². The lowest BCUT2D eigenvalue weighted by atomic mass is 10.1. The number of likely N-dealkylation sites (tertiary alicyclic amines) is 2. The molecule has 3 nitrogen and oxygen atoms in total. The number of nitrogens with two attached hydrogens (primary N) is 1. The van der Waals surface area contributed by atoms with E-state index >= 15 is 0 Å². The van der Waals surface area contributed by atoms with Crippen LogP contribution in [0.2, 0.25) is 0 Å². The van der Waals surface area contributed by atoms with Gasteiger partial charge < -0.3 is 10.6 Å². The fourth-order valence-electron chi connectivity index (χ4n) is 3.18. The lowest BCUT2D eigenvalue weighted by Gasteiger charge is -2.25. The van der Waals surface area contributed by atoms with Crippen LogP contribution in [0.25, 0.3) is 0 Å². The molecule has 94 valence electrons. The molecule has 3 heteroatoms. The van der Waals surface area contributed by atoms with Crippen LogP contribution in [0.1, 0.15) is 26.7 Å². The summed E-state index contributed by atoms with van der Waals surface area (Å²) in [4.78, 5) is 5.31. The van der Waals surface area contributed by atoms with Gasteiger partial charge in [0.25, 0.3) is 0 Å². The van der Waals surface area contributed by atoms with E-state index in [-0.39, 0.29) is 0 Å². The number of hydrogen-bond acceptors (Lipinski definition) is 3. The summed E-state index contributed by atoms with van der Waals surface area (Å²) in [5.74, 6) is 1.56. The van der Waals surface area contributed by atoms with Gasteiger partial charge in [-0.25, -0.2) is 0 Å². The predicted octanol–water partition coefficient (Wildman–Crippen LogP) is 0.997. The molecule has 0 radical (unpaired) electrons. The highest BCUT2D eigenvalue weighted by molar-refractivity contribution is 4.88. The van der Waals surface area contributed by atoms with Gasteiger partial charge in [0.05, 0.1) is 0 Å². The van der Waals surface area contributed by atoms with E-state index < -0.39 is 0 Å². The topological polar surface area (TPSA) is 32.5 Å². The molecule has 2 rings (SSSR count). The Hall–Kier alpha value is -0.120. The first-order valence-electron chi connectivity index (χ1n) is 6.85. The number of hydrogen-bond donors (Lipinski definition) is 1. The van der Waals surface area contributed by atoms with Crippen molar-refractivity contribution in [2.75, 3.05) is 39.3 Å². The smallest absolute Gasteiger partial charge is 0.0235 e. The van der Waals surface area contributed by atoms with Crippen LogP contribution in [0, 0.1) is 11.8 Å². The molecule has 0 amide bonds. The van der Waals surface area contributed by atoms with Crippen molar-refractivity contribution in [2.45, 2.75) is 32.7 Å². The fraction of sp³-hybridized carbons (Fsp3) is 1.00. The highest BCUT2D eigenvalue weighted by Crippen LogP contribution is 2.23. The average Bonchev–Trinajstić information content (AvgIpc) is 2.83. The lowest BCUT2D eigenvalue weighted by molar-refractivity contribution is 0.218. The van der Waals surface area contributed by atoms with Crippen molar-refractivity contribution >= 4 is 0 Å². The van der Waals surface area contributed by atoms with E-state index in [4.69, 9.17) is 5.73 Å². The molecule has 2 fully saturated rings. The zero-order chi connectivity index (χ0) is 11.5. The summed E-state index contributed by atoms with van der Waals surface area (Å²) in [5, 5.41) is 0. The van der Waals surface area contributed by atoms with E-state index in [1.165, 1.54) is 45.6 Å². The summed E-state index contributed by atoms with van der Waals surface area (Å²) in [5.41, 5.74) is 5.75. The molecule has 16 heavy (non-hydrogen) atoms. The monoisotopic (exact) mass is 225 g/mol. The summed E-state index contributed by atoms with van der Waals surface area (Å²) < 4.78 is 0. The molecule has 2 aliphatic heterocycles. The molecule has 0 bridgehead atoms. The molecule has 2 heterocycles. The zero-order valence-electron chi connectivity index (χ0n) is 10.9. The highest BCUT2D eigenvalue weighted by atomic mass is 15.3. The molecule has 0 spiro atoms. The van der Waals surface area contributed by atoms with Crippen molar-refractivity contribution in [1.29, 1.82) is 0 Å². The lowest BCUT2D eigenvalue weighted by Crippen LogP contribution is -2.37. The third-order valence-corrected chi connectivity index (χ3v) is 4.04. The van der Waals surface area contributed by atoms with Crippen molar-refractivity contribution in [3.05, 3.63) is 0 Å². The quantitative estimate of drug-likeness (QED) is 0.775. The maximum atomic E-state index is 5.75. The molecule has 2 atom stereocenters. The second-order valence-electron chi connectivity index (χ2n) is 5.98. The van der Waals surface area contributed by atoms with Gasteiger partial charge in [-0.05, 0) is 44.3 Å². The van der Waals surface area contributed by atoms with E-state index in [0.29, 0.717) is 0 Å². The van der Waals surface area contributed by atoms with E-state index in [1.807, 2.05) is 0 Å². The average molecular weight is 225 g/mol. The molecule has 2 saturated heterocycles. The van der Waals surface area contributed by atoms with Crippen molar-refractivity contribution in [3.8, 4) is 0 Å². The van der Waals surface area contributed by atoms with Crippen LogP contribution in [-0.4, -0.2) is 55.1 Å². The molecule has 2 aliphatic rings. The van der Waals surface area contributed by atoms with Crippen LogP contribution in [0.15, 0.2) is 0 Å². The molecule has 2 N–H and O–H groups in total. The van der Waals surface area contributed by atoms with Crippen molar-refractivity contribution in [2.24, 2.45) is 17.6 Å². The van der Waals surface area contributed by atoms with Crippen molar-refractivity contribution < 1.29 is 0 Å². The third-order valence-electron chi connectivity index (χ3n) is 4.04. The van der Waals surface area contributed by atoms with Crippen LogP contribution in [0.5, 0.6) is 0 Å². The molecule has 0 aromatic heterocycles. The molecule has 0 aliphatic carbocycles. The molecular weight excluding hydrogens is 198 g/mol. The van der Waals surface area contributed by atoms with Gasteiger partial charge in [0, 0.05) is 25.7 Å². The summed E-state index contributed by atoms with van der Waals surface area (Å²) in [6.07, 6.45) is 2.68. The van der Waals surface area contributed by atoms with Crippen LogP contribution < -0.4 is 5.73 Å². The third kappa shape index (κ3) is 2.96. The van der Waals surface area contributed by atoms with Crippen LogP contribution in [0.4, 0.5) is 0 Å². The first-order valence-corrected chi connectivity index (χ1v) is 6.85. The minimum Gasteiger partial charge on any atom is -0.330 e. The zero-order valence-corrected chi connectivity index (χ0v) is 10.9. The molecular formula is C13H27N3. The minimum absolute atomic E-state index is 0.763. The Labute approximate surface area is 100.0 Å². The van der Waals surface area contributed by atoms with Crippen LogP contribution >= 0.6 is 0 Å². The van der Waals surface area contributed by atoms with Crippen molar-refractivity contribution in [3.63, 3.8) is 0 Å². The Kier molecular flexibility index (Phi) is 4.22. The summed E-state index contributed by atoms with van der Waals surface area (Å²) in [6, 6.07) is 0.815. The maximum Gasteiger partial charge on any atom is 0.0235 e. The normalized spacial score (nSPS) is 33.0. The second kappa shape index (κ2) is 5.48. The number of nitrogens with zero attached hydrogens (tertiary/aromatic N) is 2. The predicted molar refractivity (Wildman–Crippen MR) is 68.4 cm³/mol. The second-order valence-corrected chi connectivity index (χ2v) is 5.98. The Morgan fingerprint density at radius 3 is 2.62 bits per heavy atom. The van der Waals surface area contributed by atoms with Gasteiger partial charge in [-0.1, -0.05) is 13.8 Å². The van der Waals surface area contributed by atoms with E-state index in [2.05, 4.69) is 23.6 Å². The van der Waals surface area contributed by atoms with Gasteiger partial charge in [-0.3, -0.25) is 4.90 Å². The molecule has 0 saturated carbocycles. The largest absolute Gasteiger partial charge is 0.330 e. The fourth-order valence-corrected chi connectivity index (χ4v) is 3.18. The van der Waals surface area contributed by atoms with Crippen molar-refractivity contribution in [1.82, 2.24) is 9.80 Å². The molecule has 0 aromatic rings. The maximum absolute atomic E-state index is 5.75. The Balaban J connectivity index is 1.76. The number of rotatable bonds is 4. The van der Waals surface area contributed by atoms with E-state index in [0.717, 1.165) is 24.4 Å². The standard InChI is InChI=1S/C13H27N3/c1-11(2)8-15-5-4-13(10-15)16-6-3-12(7-14)9-16/h11-13H,3-10,14H2,1-2H3. The Morgan fingerprint density at radius 2 is 2.00 bits per heavy atom. The van der Waals surface area contributed by atoms with Gasteiger partial charge in [0.15, 0.2) is 0 Å². The molecule has 2 unspecified atom stereocenters. The Morgan fingerprint density at radius 1 is 1.19 bits per heavy atom. The Bertz CT molecular complexity index is 217. The summed E-state index contributed by atoms with van der Waals surface area (Å²) >= 11 is 0. The molecule has 0 aromatic carbocycles.